The van der Waals surface area contributed by atoms with Crippen LogP contribution in [0.4, 0.5) is 5.69 Å². The largest absolute Gasteiger partial charge is 0.488 e. The van der Waals surface area contributed by atoms with Gasteiger partial charge in [0, 0.05) is 23.3 Å². The van der Waals surface area contributed by atoms with Gasteiger partial charge in [-0.15, -0.1) is 0 Å². The molecule has 0 N–H and O–H groups in total. The van der Waals surface area contributed by atoms with Crippen LogP contribution < -0.4 is 4.74 Å². The van der Waals surface area contributed by atoms with Crippen LogP contribution in [-0.4, -0.2) is 27.5 Å². The number of carbonyl (C=O) groups is 1. The summed E-state index contributed by atoms with van der Waals surface area (Å²) >= 11 is 0. The van der Waals surface area contributed by atoms with Crippen LogP contribution in [0.15, 0.2) is 78.9 Å². The number of ether oxygens (including phenoxy) is 2. The molecule has 4 aromatic rings. The molecular formula is C27H23N3O5. The quantitative estimate of drug-likeness (QED) is 0.183. The molecular weight excluding hydrogens is 446 g/mol. The molecule has 0 saturated carbocycles. The van der Waals surface area contributed by atoms with Gasteiger partial charge in [0.05, 0.1) is 22.9 Å². The lowest BCUT2D eigenvalue weighted by molar-refractivity contribution is -0.384. The third-order valence-electron chi connectivity index (χ3n) is 5.29. The minimum absolute atomic E-state index is 0.0122. The van der Waals surface area contributed by atoms with Gasteiger partial charge in [-0.05, 0) is 43.7 Å². The van der Waals surface area contributed by atoms with Crippen LogP contribution in [-0.2, 0) is 11.3 Å². The number of nitrogens with zero attached hydrogens (tertiary/aromatic N) is 3. The molecule has 0 saturated heterocycles. The normalized spacial score (nSPS) is 10.6. The molecule has 4 rings (SSSR count). The first-order chi connectivity index (χ1) is 17.0. The molecule has 0 unspecified atom stereocenters. The van der Waals surface area contributed by atoms with E-state index < -0.39 is 10.9 Å². The maximum atomic E-state index is 12.9. The first-order valence-corrected chi connectivity index (χ1v) is 11.0. The van der Waals surface area contributed by atoms with Crippen molar-refractivity contribution in [3.05, 3.63) is 106 Å². The number of benzene rings is 3. The number of hydrogen-bond donors (Lipinski definition) is 0. The Hall–Kier alpha value is -4.59. The summed E-state index contributed by atoms with van der Waals surface area (Å²) in [6.07, 6.45) is 0. The molecule has 1 aromatic heterocycles. The predicted molar refractivity (Wildman–Crippen MR) is 131 cm³/mol. The summed E-state index contributed by atoms with van der Waals surface area (Å²) in [4.78, 5) is 32.7. The standard InChI is InChI=1S/C27H23N3O5/c1-3-34-27(31)24-18(2)28-26(20-9-5-4-6-10-20)29-25(24)22-11-7-8-12-23(22)35-17-19-13-15-21(16-14-19)30(32)33/h4-16H,3,17H2,1-2H3. The molecule has 0 aliphatic rings. The molecule has 8 nitrogen and oxygen atoms in total. The van der Waals surface area contributed by atoms with Gasteiger partial charge in [0.25, 0.3) is 5.69 Å². The van der Waals surface area contributed by atoms with E-state index in [-0.39, 0.29) is 24.5 Å². The Kier molecular flexibility index (Phi) is 7.11. The van der Waals surface area contributed by atoms with E-state index >= 15 is 0 Å². The molecule has 0 amide bonds. The molecule has 176 valence electrons. The second kappa shape index (κ2) is 10.6. The van der Waals surface area contributed by atoms with Crippen LogP contribution >= 0.6 is 0 Å². The highest BCUT2D eigenvalue weighted by Crippen LogP contribution is 2.34. The van der Waals surface area contributed by atoms with Gasteiger partial charge in [0.2, 0.25) is 0 Å². The van der Waals surface area contributed by atoms with Crippen molar-refractivity contribution in [3.8, 4) is 28.4 Å². The lowest BCUT2D eigenvalue weighted by Crippen LogP contribution is -2.13. The smallest absolute Gasteiger partial charge is 0.342 e. The third-order valence-corrected chi connectivity index (χ3v) is 5.29. The van der Waals surface area contributed by atoms with Crippen LogP contribution in [0, 0.1) is 17.0 Å². The molecule has 0 atom stereocenters. The van der Waals surface area contributed by atoms with Crippen LogP contribution in [0.2, 0.25) is 0 Å². The number of esters is 1. The molecule has 0 bridgehead atoms. The molecule has 1 heterocycles. The summed E-state index contributed by atoms with van der Waals surface area (Å²) in [6, 6.07) is 22.9. The minimum atomic E-state index is -0.509. The Morgan fingerprint density at radius 1 is 0.943 bits per heavy atom. The molecule has 3 aromatic carbocycles. The number of non-ortho nitro benzene ring substituents is 1. The summed E-state index contributed by atoms with van der Waals surface area (Å²) in [6.45, 7) is 3.90. The Morgan fingerprint density at radius 3 is 2.31 bits per heavy atom. The Bertz CT molecular complexity index is 1360. The Labute approximate surface area is 202 Å². The average Bonchev–Trinajstić information content (AvgIpc) is 2.88. The molecule has 0 spiro atoms. The molecule has 35 heavy (non-hydrogen) atoms. The fraction of sp³-hybridized carbons (Fsp3) is 0.148. The number of aromatic nitrogens is 2. The van der Waals surface area contributed by atoms with Gasteiger partial charge in [0.1, 0.15) is 17.9 Å². The van der Waals surface area contributed by atoms with Crippen molar-refractivity contribution in [3.63, 3.8) is 0 Å². The van der Waals surface area contributed by atoms with Crippen LogP contribution in [0.5, 0.6) is 5.75 Å². The van der Waals surface area contributed by atoms with Gasteiger partial charge in [-0.3, -0.25) is 10.1 Å². The maximum absolute atomic E-state index is 12.9. The van der Waals surface area contributed by atoms with E-state index in [1.54, 1.807) is 32.0 Å². The number of rotatable bonds is 8. The monoisotopic (exact) mass is 469 g/mol. The van der Waals surface area contributed by atoms with E-state index in [0.717, 1.165) is 11.1 Å². The minimum Gasteiger partial charge on any atom is -0.488 e. The van der Waals surface area contributed by atoms with Gasteiger partial charge in [0.15, 0.2) is 5.82 Å². The van der Waals surface area contributed by atoms with Crippen LogP contribution in [0.1, 0.15) is 28.5 Å². The molecule has 0 aliphatic carbocycles. The topological polar surface area (TPSA) is 104 Å². The van der Waals surface area contributed by atoms with E-state index in [9.17, 15) is 14.9 Å². The number of nitro benzene ring substituents is 1. The highest BCUT2D eigenvalue weighted by molar-refractivity contribution is 5.98. The van der Waals surface area contributed by atoms with Crippen LogP contribution in [0.25, 0.3) is 22.6 Å². The zero-order valence-electron chi connectivity index (χ0n) is 19.3. The lowest BCUT2D eigenvalue weighted by atomic mass is 10.0. The number of aryl methyl sites for hydroxylation is 1. The maximum Gasteiger partial charge on any atom is 0.342 e. The molecule has 8 heteroatoms. The lowest BCUT2D eigenvalue weighted by Gasteiger charge is -2.16. The highest BCUT2D eigenvalue weighted by atomic mass is 16.6. The predicted octanol–water partition coefficient (Wildman–Crippen LogP) is 5.78. The van der Waals surface area contributed by atoms with E-state index in [0.29, 0.717) is 28.5 Å². The van der Waals surface area contributed by atoms with Gasteiger partial charge >= 0.3 is 5.97 Å². The second-order valence-corrected chi connectivity index (χ2v) is 7.65. The third kappa shape index (κ3) is 5.33. The zero-order valence-corrected chi connectivity index (χ0v) is 19.3. The Morgan fingerprint density at radius 2 is 1.63 bits per heavy atom. The molecule has 0 fully saturated rings. The van der Waals surface area contributed by atoms with Crippen molar-refractivity contribution in [1.29, 1.82) is 0 Å². The SMILES string of the molecule is CCOC(=O)c1c(C)nc(-c2ccccc2)nc1-c1ccccc1OCc1ccc([N+](=O)[O-])cc1. The van der Waals surface area contributed by atoms with Gasteiger partial charge in [-0.1, -0.05) is 42.5 Å². The van der Waals surface area contributed by atoms with Crippen LogP contribution in [0.3, 0.4) is 0 Å². The summed E-state index contributed by atoms with van der Waals surface area (Å²) < 4.78 is 11.4. The van der Waals surface area contributed by atoms with Crippen molar-refractivity contribution >= 4 is 11.7 Å². The first-order valence-electron chi connectivity index (χ1n) is 11.0. The van der Waals surface area contributed by atoms with Crippen molar-refractivity contribution in [1.82, 2.24) is 9.97 Å². The number of nitro groups is 1. The summed E-state index contributed by atoms with van der Waals surface area (Å²) in [5, 5.41) is 10.9. The van der Waals surface area contributed by atoms with E-state index in [2.05, 4.69) is 4.98 Å². The molecule has 0 radical (unpaired) electrons. The Balaban J connectivity index is 1.76. The van der Waals surface area contributed by atoms with Crippen molar-refractivity contribution < 1.29 is 19.2 Å². The average molecular weight is 469 g/mol. The number of hydrogen-bond acceptors (Lipinski definition) is 7. The molecule has 0 aliphatic heterocycles. The fourth-order valence-corrected chi connectivity index (χ4v) is 3.59. The fourth-order valence-electron chi connectivity index (χ4n) is 3.59. The summed E-state index contributed by atoms with van der Waals surface area (Å²) in [5.74, 6) is 0.481. The summed E-state index contributed by atoms with van der Waals surface area (Å²) in [7, 11) is 0. The highest BCUT2D eigenvalue weighted by Gasteiger charge is 2.23. The number of para-hydroxylation sites is 1. The van der Waals surface area contributed by atoms with Crippen molar-refractivity contribution in [2.75, 3.05) is 6.61 Å². The first kappa shape index (κ1) is 23.6. The zero-order chi connectivity index (χ0) is 24.8. The van der Waals surface area contributed by atoms with Gasteiger partial charge in [-0.2, -0.15) is 0 Å². The van der Waals surface area contributed by atoms with E-state index in [1.165, 1.54) is 12.1 Å². The van der Waals surface area contributed by atoms with E-state index in [4.69, 9.17) is 14.5 Å². The second-order valence-electron chi connectivity index (χ2n) is 7.65. The summed E-state index contributed by atoms with van der Waals surface area (Å²) in [5.41, 5.74) is 3.39. The van der Waals surface area contributed by atoms with Gasteiger partial charge in [-0.25, -0.2) is 14.8 Å². The number of carbonyl (C=O) groups excluding carboxylic acids is 1. The van der Waals surface area contributed by atoms with Crippen molar-refractivity contribution in [2.45, 2.75) is 20.5 Å². The van der Waals surface area contributed by atoms with Crippen molar-refractivity contribution in [2.24, 2.45) is 0 Å². The van der Waals surface area contributed by atoms with Gasteiger partial charge < -0.3 is 9.47 Å². The van der Waals surface area contributed by atoms with E-state index in [1.807, 2.05) is 48.5 Å².